The van der Waals surface area contributed by atoms with Crippen LogP contribution in [0.5, 0.6) is 0 Å². The molecule has 4 aromatic rings. The summed E-state index contributed by atoms with van der Waals surface area (Å²) in [5.74, 6) is 0.119. The zero-order chi connectivity index (χ0) is 40.2. The van der Waals surface area contributed by atoms with Crippen LogP contribution in [0.25, 0.3) is 0 Å². The second-order valence-electron chi connectivity index (χ2n) is 15.3. The number of hydrogen-bond donors (Lipinski definition) is 4. The number of nitrogens with zero attached hydrogens (tertiary/aromatic N) is 8. The average molecular weight is 807 g/mol. The second-order valence-corrected chi connectivity index (χ2v) is 15.6. The summed E-state index contributed by atoms with van der Waals surface area (Å²) >= 11 is 6.16. The largest absolute Gasteiger partial charge is 0.374 e. The Labute approximate surface area is 340 Å². The molecule has 15 nitrogen and oxygen atoms in total. The molecule has 0 spiro atoms. The highest BCUT2D eigenvalue weighted by Gasteiger charge is 2.29. The van der Waals surface area contributed by atoms with Gasteiger partial charge in [-0.2, -0.15) is 9.65 Å². The van der Waals surface area contributed by atoms with Gasteiger partial charge in [-0.3, -0.25) is 24.6 Å². The first-order valence-electron chi connectivity index (χ1n) is 19.8. The summed E-state index contributed by atoms with van der Waals surface area (Å²) in [6.07, 6.45) is 6.53. The highest BCUT2D eigenvalue weighted by atomic mass is 35.5. The lowest BCUT2D eigenvalue weighted by atomic mass is 9.85. The number of piperazine rings is 1. The molecule has 1 atom stereocenters. The number of nitriles is 1. The van der Waals surface area contributed by atoms with Crippen LogP contribution in [0.1, 0.15) is 65.7 Å². The van der Waals surface area contributed by atoms with Crippen LogP contribution >= 0.6 is 11.6 Å². The zero-order valence-corrected chi connectivity index (χ0v) is 32.6. The maximum absolute atomic E-state index is 15.3. The molecule has 3 fully saturated rings. The minimum absolute atomic E-state index is 0.0205. The molecule has 6 heterocycles. The van der Waals surface area contributed by atoms with Gasteiger partial charge >= 0.3 is 0 Å². The van der Waals surface area contributed by atoms with Crippen LogP contribution in [0.4, 0.5) is 33.2 Å². The predicted octanol–water partition coefficient (Wildman–Crippen LogP) is 4.56. The van der Waals surface area contributed by atoms with E-state index in [-0.39, 0.29) is 34.4 Å². The topological polar surface area (TPSA) is 184 Å². The minimum atomic E-state index is -0.854. The number of nitrogens with one attached hydrogen (secondary N) is 4. The number of hydrogen-bond acceptors (Lipinski definition) is 13. The monoisotopic (exact) mass is 806 g/mol. The first-order chi connectivity index (χ1) is 28.2. The Morgan fingerprint density at radius 1 is 0.914 bits per heavy atom. The summed E-state index contributed by atoms with van der Waals surface area (Å²) in [5.41, 5.74) is 3.87. The first-order valence-corrected chi connectivity index (χ1v) is 20.1. The molecule has 8 rings (SSSR count). The number of carbonyl (C=O) groups is 3. The van der Waals surface area contributed by atoms with E-state index in [4.69, 9.17) is 16.9 Å². The number of pyridine rings is 2. The molecule has 4 aliphatic rings. The van der Waals surface area contributed by atoms with Crippen LogP contribution in [0, 0.1) is 23.2 Å². The number of carbonyl (C=O) groups excluding carboxylic acids is 3. The Morgan fingerprint density at radius 2 is 1.71 bits per heavy atom. The van der Waals surface area contributed by atoms with Gasteiger partial charge in [-0.15, -0.1) is 0 Å². The van der Waals surface area contributed by atoms with E-state index in [2.05, 4.69) is 63.1 Å². The van der Waals surface area contributed by atoms with Gasteiger partial charge in [-0.05, 0) is 93.0 Å². The number of rotatable bonds is 10. The molecule has 1 aliphatic carbocycles. The number of aromatic nitrogens is 4. The highest BCUT2D eigenvalue weighted by Crippen LogP contribution is 2.30. The lowest BCUT2D eigenvalue weighted by Gasteiger charge is -2.39. The zero-order valence-electron chi connectivity index (χ0n) is 31.9. The fraction of sp³-hybridized carbons (Fsp3) is 0.415. The van der Waals surface area contributed by atoms with Crippen molar-refractivity contribution in [1.82, 2.24) is 35.5 Å². The van der Waals surface area contributed by atoms with E-state index < -0.39 is 17.9 Å². The van der Waals surface area contributed by atoms with Gasteiger partial charge in [0.2, 0.25) is 17.8 Å². The van der Waals surface area contributed by atoms with E-state index in [1.54, 1.807) is 18.2 Å². The summed E-state index contributed by atoms with van der Waals surface area (Å²) < 4.78 is 15.3. The summed E-state index contributed by atoms with van der Waals surface area (Å²) in [6.45, 7) is 5.87. The lowest BCUT2D eigenvalue weighted by molar-refractivity contribution is -0.133. The summed E-state index contributed by atoms with van der Waals surface area (Å²) in [6, 6.07) is 16.1. The summed E-state index contributed by atoms with van der Waals surface area (Å²) in [5, 5.41) is 21.1. The smallest absolute Gasteiger partial charge is 0.256 e. The first kappa shape index (κ1) is 38.9. The molecule has 0 bridgehead atoms. The Hall–Kier alpha value is -5.92. The van der Waals surface area contributed by atoms with Crippen LogP contribution in [-0.2, 0) is 22.6 Å². The Kier molecular flexibility index (Phi) is 11.6. The van der Waals surface area contributed by atoms with Crippen LogP contribution in [0.2, 0.25) is 5.15 Å². The van der Waals surface area contributed by atoms with E-state index in [0.717, 1.165) is 81.0 Å². The van der Waals surface area contributed by atoms with Crippen molar-refractivity contribution in [3.8, 4) is 6.07 Å². The van der Waals surface area contributed by atoms with Crippen molar-refractivity contribution >= 4 is 58.2 Å². The van der Waals surface area contributed by atoms with Gasteiger partial charge in [-0.25, -0.2) is 19.9 Å². The highest BCUT2D eigenvalue weighted by molar-refractivity contribution is 6.30. The molecule has 0 radical (unpaired) electrons. The summed E-state index contributed by atoms with van der Waals surface area (Å²) in [4.78, 5) is 60.9. The molecule has 300 valence electrons. The number of anilines is 5. The fourth-order valence-corrected chi connectivity index (χ4v) is 8.44. The Bertz CT molecular complexity index is 2220. The van der Waals surface area contributed by atoms with Crippen molar-refractivity contribution in [3.05, 3.63) is 88.3 Å². The second kappa shape index (κ2) is 17.3. The van der Waals surface area contributed by atoms with Gasteiger partial charge in [-0.1, -0.05) is 11.6 Å². The molecule has 3 aromatic heterocycles. The molecule has 3 aliphatic heterocycles. The van der Waals surface area contributed by atoms with Crippen LogP contribution in [0.3, 0.4) is 0 Å². The van der Waals surface area contributed by atoms with Crippen molar-refractivity contribution < 1.29 is 18.8 Å². The summed E-state index contributed by atoms with van der Waals surface area (Å²) in [7, 11) is 0. The maximum Gasteiger partial charge on any atom is 0.256 e. The quantitative estimate of drug-likeness (QED) is 0.129. The predicted molar refractivity (Wildman–Crippen MR) is 216 cm³/mol. The number of amides is 3. The molecule has 58 heavy (non-hydrogen) atoms. The number of fused-ring (bicyclic) bond motifs is 1. The van der Waals surface area contributed by atoms with Gasteiger partial charge in [0, 0.05) is 68.7 Å². The molecule has 3 amide bonds. The normalized spacial score (nSPS) is 21.1. The Balaban J connectivity index is 0.770. The van der Waals surface area contributed by atoms with E-state index in [1.165, 1.54) is 12.4 Å². The molecular formula is C41H44ClFN12O3. The van der Waals surface area contributed by atoms with Gasteiger partial charge < -0.3 is 25.8 Å². The van der Waals surface area contributed by atoms with Crippen LogP contribution < -0.4 is 31.1 Å². The number of imide groups is 1. The molecule has 1 unspecified atom stereocenters. The molecule has 2 saturated heterocycles. The SMILES string of the molecule is N#Cc1ccc(N2CCc3c(ncnc3Nc3ccc(C(=O)N[C@H]4CC[C@H](CN5CCN(c6ccc(NC7CCC(=O)NC7=O)cc6)CC5)CC4)c(F)n3)C2)nc1Cl. The van der Waals surface area contributed by atoms with Gasteiger partial charge in [0.15, 0.2) is 0 Å². The number of halogens is 2. The van der Waals surface area contributed by atoms with Gasteiger partial charge in [0.05, 0.1) is 23.4 Å². The molecule has 1 aromatic carbocycles. The average Bonchev–Trinajstić information content (AvgIpc) is 3.23. The van der Waals surface area contributed by atoms with Gasteiger partial charge in [0.25, 0.3) is 5.91 Å². The third kappa shape index (κ3) is 8.95. The molecule has 17 heteroatoms. The number of piperidine rings is 1. The Morgan fingerprint density at radius 3 is 2.43 bits per heavy atom. The maximum atomic E-state index is 15.3. The van der Waals surface area contributed by atoms with E-state index in [0.29, 0.717) is 55.5 Å². The third-order valence-corrected chi connectivity index (χ3v) is 11.8. The van der Waals surface area contributed by atoms with Crippen molar-refractivity contribution in [3.63, 3.8) is 0 Å². The van der Waals surface area contributed by atoms with E-state index >= 15 is 4.39 Å². The molecular weight excluding hydrogens is 763 g/mol. The van der Waals surface area contributed by atoms with E-state index in [9.17, 15) is 14.4 Å². The number of benzene rings is 1. The third-order valence-electron chi connectivity index (χ3n) is 11.5. The standard InChI is InChI=1S/C41H44ClFN12O3/c42-37-26(21-44)3-13-35(51-37)55-16-15-30-33(23-55)45-24-46-39(30)50-34-12-10-31(38(43)49-34)40(57)48-28-4-1-25(2-5-28)22-53-17-19-54(20-18-53)29-8-6-27(7-9-29)47-32-11-14-36(56)52-41(32)58/h3,6-10,12-13,24-25,28,32,47H,1-2,4-5,11,14-20,22-23H2,(H,48,57)(H,52,56,58)(H,45,46,49,50)/t25-,28-,32?. The van der Waals surface area contributed by atoms with Crippen molar-refractivity contribution in [2.75, 3.05) is 59.7 Å². The van der Waals surface area contributed by atoms with Crippen molar-refractivity contribution in [1.29, 1.82) is 5.26 Å². The van der Waals surface area contributed by atoms with Crippen LogP contribution in [0.15, 0.2) is 54.9 Å². The van der Waals surface area contributed by atoms with Crippen LogP contribution in [-0.4, -0.2) is 93.9 Å². The van der Waals surface area contributed by atoms with Gasteiger partial charge in [0.1, 0.15) is 41.0 Å². The molecule has 1 saturated carbocycles. The minimum Gasteiger partial charge on any atom is -0.374 e. The fourth-order valence-electron chi connectivity index (χ4n) is 8.24. The van der Waals surface area contributed by atoms with Crippen molar-refractivity contribution in [2.45, 2.75) is 63.6 Å². The lowest BCUT2D eigenvalue weighted by Crippen LogP contribution is -2.48. The molecule has 4 N–H and O–H groups in total. The van der Waals surface area contributed by atoms with E-state index in [1.807, 2.05) is 23.1 Å². The van der Waals surface area contributed by atoms with Crippen molar-refractivity contribution in [2.24, 2.45) is 5.92 Å².